The number of hydrogen-bond acceptors (Lipinski definition) is 4. The Hall–Kier alpha value is -0.950. The van der Waals surface area contributed by atoms with Crippen molar-refractivity contribution in [2.45, 2.75) is 13.5 Å². The number of rotatable bonds is 6. The van der Waals surface area contributed by atoms with E-state index in [0.717, 1.165) is 18.7 Å². The Morgan fingerprint density at radius 2 is 1.85 bits per heavy atom. The third kappa shape index (κ3) is 5.20. The third-order valence-corrected chi connectivity index (χ3v) is 4.70. The Labute approximate surface area is 121 Å². The summed E-state index contributed by atoms with van der Waals surface area (Å²) in [5, 5.41) is 0. The molecule has 1 N–H and O–H groups in total. The van der Waals surface area contributed by atoms with E-state index in [0.29, 0.717) is 26.3 Å². The van der Waals surface area contributed by atoms with Gasteiger partial charge in [0.1, 0.15) is 0 Å². The summed E-state index contributed by atoms with van der Waals surface area (Å²) >= 11 is 0. The Kier molecular flexibility index (Phi) is 5.54. The molecule has 1 saturated heterocycles. The molecule has 1 aromatic carbocycles. The van der Waals surface area contributed by atoms with Gasteiger partial charge in [0, 0.05) is 26.2 Å². The van der Waals surface area contributed by atoms with Crippen molar-refractivity contribution in [2.24, 2.45) is 0 Å². The molecule has 0 bridgehead atoms. The highest BCUT2D eigenvalue weighted by Crippen LogP contribution is 2.04. The van der Waals surface area contributed by atoms with Crippen LogP contribution in [0.4, 0.5) is 0 Å². The summed E-state index contributed by atoms with van der Waals surface area (Å²) in [5.74, 6) is 0.138. The quantitative estimate of drug-likeness (QED) is 0.842. The van der Waals surface area contributed by atoms with E-state index >= 15 is 0 Å². The fraction of sp³-hybridized carbons (Fsp3) is 0.571. The van der Waals surface area contributed by atoms with Gasteiger partial charge in [0.05, 0.1) is 19.0 Å². The standard InChI is InChI=1S/C14H22N2O3S/c1-13-2-4-14(5-3-13)12-15-20(17,18)11-8-16-6-9-19-10-7-16/h2-5,15H,6-12H2,1H3. The van der Waals surface area contributed by atoms with Crippen LogP contribution in [0.3, 0.4) is 0 Å². The Bertz CT molecular complexity index is 508. The van der Waals surface area contributed by atoms with Gasteiger partial charge in [0.2, 0.25) is 10.0 Å². The first-order valence-corrected chi connectivity index (χ1v) is 8.53. The van der Waals surface area contributed by atoms with E-state index in [2.05, 4.69) is 9.62 Å². The fourth-order valence-electron chi connectivity index (χ4n) is 2.05. The van der Waals surface area contributed by atoms with Gasteiger partial charge in [-0.1, -0.05) is 29.8 Å². The summed E-state index contributed by atoms with van der Waals surface area (Å²) in [6.45, 7) is 5.93. The van der Waals surface area contributed by atoms with Gasteiger partial charge in [0.15, 0.2) is 0 Å². The molecule has 0 radical (unpaired) electrons. The van der Waals surface area contributed by atoms with E-state index in [1.54, 1.807) is 0 Å². The number of sulfonamides is 1. The zero-order chi connectivity index (χ0) is 14.4. The van der Waals surface area contributed by atoms with Crippen LogP contribution in [0.2, 0.25) is 0 Å². The van der Waals surface area contributed by atoms with Crippen molar-refractivity contribution in [3.05, 3.63) is 35.4 Å². The van der Waals surface area contributed by atoms with Crippen LogP contribution in [-0.2, 0) is 21.3 Å². The molecule has 1 heterocycles. The zero-order valence-corrected chi connectivity index (χ0v) is 12.7. The first kappa shape index (κ1) is 15.4. The van der Waals surface area contributed by atoms with E-state index in [4.69, 9.17) is 4.74 Å². The van der Waals surface area contributed by atoms with Gasteiger partial charge >= 0.3 is 0 Å². The molecule has 1 aliphatic rings. The van der Waals surface area contributed by atoms with E-state index in [1.165, 1.54) is 5.56 Å². The summed E-state index contributed by atoms with van der Waals surface area (Å²) in [6.07, 6.45) is 0. The van der Waals surface area contributed by atoms with Gasteiger partial charge in [-0.2, -0.15) is 0 Å². The van der Waals surface area contributed by atoms with Crippen LogP contribution in [0.15, 0.2) is 24.3 Å². The lowest BCUT2D eigenvalue weighted by molar-refractivity contribution is 0.0408. The monoisotopic (exact) mass is 298 g/mol. The molecule has 0 amide bonds. The highest BCUT2D eigenvalue weighted by Gasteiger charge is 2.15. The SMILES string of the molecule is Cc1ccc(CNS(=O)(=O)CCN2CCOCC2)cc1. The van der Waals surface area contributed by atoms with Crippen LogP contribution in [0.5, 0.6) is 0 Å². The molecule has 112 valence electrons. The zero-order valence-electron chi connectivity index (χ0n) is 11.8. The van der Waals surface area contributed by atoms with Gasteiger partial charge in [-0.15, -0.1) is 0 Å². The summed E-state index contributed by atoms with van der Waals surface area (Å²) in [5.41, 5.74) is 2.15. The number of aryl methyl sites for hydroxylation is 1. The van der Waals surface area contributed by atoms with Crippen LogP contribution >= 0.6 is 0 Å². The third-order valence-electron chi connectivity index (χ3n) is 3.40. The molecule has 1 aliphatic heterocycles. The molecule has 5 nitrogen and oxygen atoms in total. The fourth-order valence-corrected chi connectivity index (χ4v) is 3.07. The molecular weight excluding hydrogens is 276 g/mol. The predicted octanol–water partition coefficient (Wildman–Crippen LogP) is 0.747. The highest BCUT2D eigenvalue weighted by molar-refractivity contribution is 7.89. The van der Waals surface area contributed by atoms with Gasteiger partial charge in [0.25, 0.3) is 0 Å². The lowest BCUT2D eigenvalue weighted by atomic mass is 10.2. The number of morpholine rings is 1. The minimum atomic E-state index is -3.22. The van der Waals surface area contributed by atoms with Crippen LogP contribution in [-0.4, -0.2) is 51.9 Å². The second kappa shape index (κ2) is 7.17. The van der Waals surface area contributed by atoms with Crippen molar-refractivity contribution < 1.29 is 13.2 Å². The van der Waals surface area contributed by atoms with Crippen molar-refractivity contribution in [3.63, 3.8) is 0 Å². The van der Waals surface area contributed by atoms with Gasteiger partial charge < -0.3 is 4.74 Å². The molecule has 1 aromatic rings. The normalized spacial score (nSPS) is 17.2. The molecule has 20 heavy (non-hydrogen) atoms. The average molecular weight is 298 g/mol. The first-order valence-electron chi connectivity index (χ1n) is 6.88. The molecular formula is C14H22N2O3S. The van der Waals surface area contributed by atoms with Crippen molar-refractivity contribution in [3.8, 4) is 0 Å². The van der Waals surface area contributed by atoms with E-state index in [1.807, 2.05) is 31.2 Å². The van der Waals surface area contributed by atoms with Crippen molar-refractivity contribution in [1.82, 2.24) is 9.62 Å². The van der Waals surface area contributed by atoms with Crippen LogP contribution in [0, 0.1) is 6.92 Å². The van der Waals surface area contributed by atoms with Gasteiger partial charge in [-0.05, 0) is 12.5 Å². The minimum Gasteiger partial charge on any atom is -0.379 e. The first-order chi connectivity index (χ1) is 9.55. The largest absolute Gasteiger partial charge is 0.379 e. The Balaban J connectivity index is 1.76. The van der Waals surface area contributed by atoms with Crippen molar-refractivity contribution >= 4 is 10.0 Å². The topological polar surface area (TPSA) is 58.6 Å². The second-order valence-corrected chi connectivity index (χ2v) is 7.01. The molecule has 6 heteroatoms. The number of nitrogens with zero attached hydrogens (tertiary/aromatic N) is 1. The number of benzene rings is 1. The summed E-state index contributed by atoms with van der Waals surface area (Å²) in [6, 6.07) is 7.86. The van der Waals surface area contributed by atoms with Crippen LogP contribution in [0.1, 0.15) is 11.1 Å². The lowest BCUT2D eigenvalue weighted by Crippen LogP contribution is -2.40. The van der Waals surface area contributed by atoms with Gasteiger partial charge in [-0.25, -0.2) is 13.1 Å². The van der Waals surface area contributed by atoms with Crippen molar-refractivity contribution in [1.29, 1.82) is 0 Å². The van der Waals surface area contributed by atoms with E-state index in [9.17, 15) is 8.42 Å². The highest BCUT2D eigenvalue weighted by atomic mass is 32.2. The van der Waals surface area contributed by atoms with Crippen molar-refractivity contribution in [2.75, 3.05) is 38.6 Å². The van der Waals surface area contributed by atoms with Crippen LogP contribution < -0.4 is 4.72 Å². The second-order valence-electron chi connectivity index (χ2n) is 5.08. The number of nitrogens with one attached hydrogen (secondary N) is 1. The molecule has 0 unspecified atom stereocenters. The smallest absolute Gasteiger partial charge is 0.213 e. The van der Waals surface area contributed by atoms with E-state index in [-0.39, 0.29) is 5.75 Å². The molecule has 1 fully saturated rings. The maximum Gasteiger partial charge on any atom is 0.213 e. The maximum atomic E-state index is 11.9. The summed E-state index contributed by atoms with van der Waals surface area (Å²) < 4.78 is 31.8. The number of ether oxygens (including phenoxy) is 1. The summed E-state index contributed by atoms with van der Waals surface area (Å²) in [4.78, 5) is 2.12. The molecule has 0 aromatic heterocycles. The number of hydrogen-bond donors (Lipinski definition) is 1. The minimum absolute atomic E-state index is 0.138. The molecule has 0 spiro atoms. The van der Waals surface area contributed by atoms with E-state index < -0.39 is 10.0 Å². The lowest BCUT2D eigenvalue weighted by Gasteiger charge is -2.26. The Morgan fingerprint density at radius 3 is 2.50 bits per heavy atom. The average Bonchev–Trinajstić information content (AvgIpc) is 2.46. The molecule has 0 aliphatic carbocycles. The molecule has 0 atom stereocenters. The van der Waals surface area contributed by atoms with Crippen LogP contribution in [0.25, 0.3) is 0 Å². The molecule has 2 rings (SSSR count). The van der Waals surface area contributed by atoms with Gasteiger partial charge in [-0.3, -0.25) is 4.90 Å². The summed E-state index contributed by atoms with van der Waals surface area (Å²) in [7, 11) is -3.22. The predicted molar refractivity (Wildman–Crippen MR) is 79.1 cm³/mol. The molecule has 0 saturated carbocycles. The maximum absolute atomic E-state index is 11.9. The Morgan fingerprint density at radius 1 is 1.20 bits per heavy atom.